The third-order valence-corrected chi connectivity index (χ3v) is 7.25. The number of rotatable bonds is 5. The van der Waals surface area contributed by atoms with Gasteiger partial charge in [-0.05, 0) is 89.6 Å². The fraction of sp³-hybridized carbons (Fsp3) is 0.286. The molecule has 0 N–H and O–H groups in total. The van der Waals surface area contributed by atoms with E-state index in [1.54, 1.807) is 26.4 Å². The van der Waals surface area contributed by atoms with Gasteiger partial charge in [0.15, 0.2) is 0 Å². The number of hydrogen-bond acceptors (Lipinski definition) is 2. The maximum atomic E-state index is 14.3. The number of benzene rings is 4. The Bertz CT molecular complexity index is 1290. The Kier molecular flexibility index (Phi) is 5.69. The zero-order valence-electron chi connectivity index (χ0n) is 18.4. The van der Waals surface area contributed by atoms with Crippen LogP contribution >= 0.6 is 11.6 Å². The van der Waals surface area contributed by atoms with Crippen molar-refractivity contribution in [1.29, 1.82) is 0 Å². The summed E-state index contributed by atoms with van der Waals surface area (Å²) in [5, 5.41) is 5.13. The lowest BCUT2D eigenvalue weighted by Gasteiger charge is -2.28. The molecule has 1 atom stereocenters. The fourth-order valence-electron chi connectivity index (χ4n) is 5.36. The minimum Gasteiger partial charge on any atom is -0.496 e. The molecule has 1 unspecified atom stereocenters. The summed E-state index contributed by atoms with van der Waals surface area (Å²) in [4.78, 5) is 0. The van der Waals surface area contributed by atoms with Crippen LogP contribution in [0.4, 0.5) is 4.39 Å². The largest absolute Gasteiger partial charge is 0.496 e. The van der Waals surface area contributed by atoms with E-state index < -0.39 is 0 Å². The molecule has 0 saturated carbocycles. The van der Waals surface area contributed by atoms with Crippen molar-refractivity contribution in [2.24, 2.45) is 0 Å². The first-order chi connectivity index (χ1) is 15.6. The predicted molar refractivity (Wildman–Crippen MR) is 130 cm³/mol. The summed E-state index contributed by atoms with van der Waals surface area (Å²) in [5.74, 6) is 1.83. The predicted octanol–water partition coefficient (Wildman–Crippen LogP) is 7.86. The third kappa shape index (κ3) is 3.49. The van der Waals surface area contributed by atoms with Gasteiger partial charge in [-0.25, -0.2) is 4.39 Å². The average molecular weight is 449 g/mol. The van der Waals surface area contributed by atoms with Crippen molar-refractivity contribution in [3.63, 3.8) is 0 Å². The smallest absolute Gasteiger partial charge is 0.131 e. The first kappa shape index (κ1) is 21.1. The molecule has 4 aromatic carbocycles. The van der Waals surface area contributed by atoms with E-state index >= 15 is 0 Å². The Hall–Kier alpha value is -2.78. The van der Waals surface area contributed by atoms with Crippen molar-refractivity contribution in [2.75, 3.05) is 14.2 Å². The number of methoxy groups -OCH3 is 2. The molecule has 4 aromatic rings. The fourth-order valence-corrected chi connectivity index (χ4v) is 5.61. The molecule has 0 aliphatic heterocycles. The van der Waals surface area contributed by atoms with Gasteiger partial charge in [-0.2, -0.15) is 0 Å². The minimum absolute atomic E-state index is 0.211. The summed E-state index contributed by atoms with van der Waals surface area (Å²) >= 11 is 6.27. The Morgan fingerprint density at radius 2 is 1.75 bits per heavy atom. The van der Waals surface area contributed by atoms with Crippen LogP contribution in [0.3, 0.4) is 0 Å². The zero-order chi connectivity index (χ0) is 22.2. The second-order valence-electron chi connectivity index (χ2n) is 8.52. The highest BCUT2D eigenvalue weighted by Gasteiger charge is 2.24. The molecule has 0 heterocycles. The Morgan fingerprint density at radius 1 is 0.938 bits per heavy atom. The van der Waals surface area contributed by atoms with Crippen molar-refractivity contribution in [2.45, 2.75) is 38.0 Å². The summed E-state index contributed by atoms with van der Waals surface area (Å²) < 4.78 is 25.7. The zero-order valence-corrected chi connectivity index (χ0v) is 19.1. The molecule has 164 valence electrons. The van der Waals surface area contributed by atoms with Crippen LogP contribution in [0.5, 0.6) is 11.5 Å². The molecule has 0 bridgehead atoms. The highest BCUT2D eigenvalue weighted by molar-refractivity contribution is 6.31. The van der Waals surface area contributed by atoms with Crippen LogP contribution in [0.15, 0.2) is 54.6 Å². The lowest BCUT2D eigenvalue weighted by atomic mass is 9.77. The van der Waals surface area contributed by atoms with E-state index in [-0.39, 0.29) is 5.82 Å². The monoisotopic (exact) mass is 448 g/mol. The lowest BCUT2D eigenvalue weighted by Crippen LogP contribution is -2.12. The van der Waals surface area contributed by atoms with Crippen LogP contribution in [0.25, 0.3) is 21.5 Å². The van der Waals surface area contributed by atoms with Crippen molar-refractivity contribution in [3.8, 4) is 11.5 Å². The summed E-state index contributed by atoms with van der Waals surface area (Å²) in [6.07, 6.45) is 4.81. The summed E-state index contributed by atoms with van der Waals surface area (Å²) in [7, 11) is 3.40. The van der Waals surface area contributed by atoms with Gasteiger partial charge in [-0.1, -0.05) is 41.9 Å². The van der Waals surface area contributed by atoms with Crippen molar-refractivity contribution >= 4 is 33.1 Å². The molecule has 2 nitrogen and oxygen atoms in total. The van der Waals surface area contributed by atoms with E-state index in [1.807, 2.05) is 12.1 Å². The number of aryl methyl sites for hydroxylation is 1. The second-order valence-corrected chi connectivity index (χ2v) is 8.93. The van der Waals surface area contributed by atoms with E-state index in [9.17, 15) is 4.39 Å². The number of ether oxygens (including phenoxy) is 2. The molecule has 0 spiro atoms. The molecular weight excluding hydrogens is 423 g/mol. The number of fused-ring (bicyclic) bond motifs is 5. The second kappa shape index (κ2) is 8.63. The van der Waals surface area contributed by atoms with Gasteiger partial charge >= 0.3 is 0 Å². The van der Waals surface area contributed by atoms with Gasteiger partial charge in [0, 0.05) is 10.6 Å². The molecule has 32 heavy (non-hydrogen) atoms. The van der Waals surface area contributed by atoms with Gasteiger partial charge in [-0.15, -0.1) is 0 Å². The maximum absolute atomic E-state index is 14.3. The van der Waals surface area contributed by atoms with Gasteiger partial charge in [0.05, 0.1) is 19.6 Å². The third-order valence-electron chi connectivity index (χ3n) is 6.90. The topological polar surface area (TPSA) is 18.5 Å². The maximum Gasteiger partial charge on any atom is 0.131 e. The molecule has 0 aromatic heterocycles. The Balaban J connectivity index is 1.60. The quantitative estimate of drug-likeness (QED) is 0.289. The van der Waals surface area contributed by atoms with Crippen LogP contribution in [0, 0.1) is 5.82 Å². The van der Waals surface area contributed by atoms with Crippen LogP contribution in [0.1, 0.15) is 41.9 Å². The van der Waals surface area contributed by atoms with Gasteiger partial charge in [0.25, 0.3) is 0 Å². The van der Waals surface area contributed by atoms with Crippen LogP contribution in [-0.4, -0.2) is 14.2 Å². The molecule has 1 aliphatic rings. The number of hydrogen-bond donors (Lipinski definition) is 0. The van der Waals surface area contributed by atoms with E-state index in [1.165, 1.54) is 28.0 Å². The van der Waals surface area contributed by atoms with E-state index in [2.05, 4.69) is 24.3 Å². The van der Waals surface area contributed by atoms with Gasteiger partial charge < -0.3 is 9.47 Å². The molecule has 0 saturated heterocycles. The molecule has 0 amide bonds. The SMILES string of the molecule is COc1cccc2c1c(OC)cc1c3c(ccc12)C(CCc1c(F)cccc1Cl)CCC3. The van der Waals surface area contributed by atoms with Crippen molar-refractivity contribution in [3.05, 3.63) is 82.1 Å². The van der Waals surface area contributed by atoms with Gasteiger partial charge in [0.2, 0.25) is 0 Å². The summed E-state index contributed by atoms with van der Waals surface area (Å²) in [6, 6.07) is 17.7. The highest BCUT2D eigenvalue weighted by atomic mass is 35.5. The minimum atomic E-state index is -0.211. The molecule has 0 radical (unpaired) electrons. The molecule has 4 heteroatoms. The van der Waals surface area contributed by atoms with Gasteiger partial charge in [0.1, 0.15) is 17.3 Å². The first-order valence-electron chi connectivity index (χ1n) is 11.1. The van der Waals surface area contributed by atoms with Crippen molar-refractivity contribution < 1.29 is 13.9 Å². The Morgan fingerprint density at radius 3 is 2.53 bits per heavy atom. The van der Waals surface area contributed by atoms with Crippen LogP contribution in [-0.2, 0) is 12.8 Å². The molecular formula is C28H26ClFO2. The van der Waals surface area contributed by atoms with E-state index in [0.717, 1.165) is 48.0 Å². The van der Waals surface area contributed by atoms with Crippen LogP contribution < -0.4 is 9.47 Å². The molecule has 1 aliphatic carbocycles. The normalized spacial score (nSPS) is 15.7. The lowest BCUT2D eigenvalue weighted by molar-refractivity contribution is 0.405. The summed E-state index contributed by atoms with van der Waals surface area (Å²) in [6.45, 7) is 0. The average Bonchev–Trinajstić information content (AvgIpc) is 2.82. The van der Waals surface area contributed by atoms with Crippen molar-refractivity contribution in [1.82, 2.24) is 0 Å². The molecule has 5 rings (SSSR count). The Labute approximate surface area is 192 Å². The van der Waals surface area contributed by atoms with E-state index in [0.29, 0.717) is 22.9 Å². The first-order valence-corrected chi connectivity index (χ1v) is 11.5. The summed E-state index contributed by atoms with van der Waals surface area (Å²) in [5.41, 5.74) is 3.39. The number of halogens is 2. The van der Waals surface area contributed by atoms with Crippen LogP contribution in [0.2, 0.25) is 5.02 Å². The van der Waals surface area contributed by atoms with E-state index in [4.69, 9.17) is 21.1 Å². The molecule has 0 fully saturated rings. The van der Waals surface area contributed by atoms with Gasteiger partial charge in [-0.3, -0.25) is 0 Å². The highest BCUT2D eigenvalue weighted by Crippen LogP contribution is 2.44. The standard InChI is InChI=1S/C28H26ClFO2/c1-31-26-11-4-8-21-20-15-14-18-17(12-13-22-24(29)9-5-10-25(22)30)6-3-7-19(18)23(20)16-27(32-2)28(21)26/h4-5,8-11,14-17H,3,6-7,12-13H2,1-2H3.